The Bertz CT molecular complexity index is 1360. The maximum atomic E-state index is 13.0. The number of benzene rings is 1. The fourth-order valence-corrected chi connectivity index (χ4v) is 4.16. The third-order valence-electron chi connectivity index (χ3n) is 5.96. The second-order valence-electron chi connectivity index (χ2n) is 8.96. The van der Waals surface area contributed by atoms with Gasteiger partial charge in [0.25, 0.3) is 5.91 Å². The van der Waals surface area contributed by atoms with Gasteiger partial charge in [-0.1, -0.05) is 11.3 Å². The van der Waals surface area contributed by atoms with Crippen LogP contribution in [0.4, 0.5) is 22.0 Å². The molecule has 0 spiro atoms. The number of urea groups is 1. The minimum atomic E-state index is -1.98. The van der Waals surface area contributed by atoms with Gasteiger partial charge in [-0.3, -0.25) is 14.4 Å². The highest BCUT2D eigenvalue weighted by molar-refractivity contribution is 6.60. The molecule has 1 aliphatic heterocycles. The smallest absolute Gasteiger partial charge is 0.326 e. The fourth-order valence-electron chi connectivity index (χ4n) is 4.16. The Morgan fingerprint density at radius 1 is 1.16 bits per heavy atom. The number of nitrogens with zero attached hydrogens (tertiary/aromatic N) is 7. The minimum Gasteiger partial charge on any atom is -0.494 e. The van der Waals surface area contributed by atoms with Crippen LogP contribution in [0.25, 0.3) is 11.4 Å². The normalized spacial score (nSPS) is 15.7. The molecular weight excluding hydrogens is 471 g/mol. The van der Waals surface area contributed by atoms with E-state index in [4.69, 9.17) is 28.3 Å². The van der Waals surface area contributed by atoms with Gasteiger partial charge in [0.2, 0.25) is 0 Å². The van der Waals surface area contributed by atoms with E-state index in [-0.39, 0.29) is 29.3 Å². The highest BCUT2D eigenvalue weighted by atomic mass is 16.5. The topological polar surface area (TPSA) is 130 Å². The number of methoxy groups -OCH3 is 1. The Labute approximate surface area is 217 Å². The van der Waals surface area contributed by atoms with Crippen molar-refractivity contribution in [1.29, 1.82) is 0 Å². The molecule has 0 atom stereocenters. The van der Waals surface area contributed by atoms with Crippen LogP contribution in [0.2, 0.25) is 0 Å². The molecule has 1 saturated heterocycles. The summed E-state index contributed by atoms with van der Waals surface area (Å²) < 4.78 is 7.24. The lowest BCUT2D eigenvalue weighted by atomic mass is 9.49. The maximum absolute atomic E-state index is 13.0. The van der Waals surface area contributed by atoms with Crippen molar-refractivity contribution < 1.29 is 14.3 Å². The number of rotatable bonds is 8. The monoisotopic (exact) mass is 493 g/mol. The lowest BCUT2D eigenvalue weighted by Gasteiger charge is -2.23. The predicted octanol–water partition coefficient (Wildman–Crippen LogP) is 0.275. The van der Waals surface area contributed by atoms with Crippen LogP contribution in [0, 0.1) is 0 Å². The molecule has 1 saturated carbocycles. The van der Waals surface area contributed by atoms with Gasteiger partial charge in [-0.2, -0.15) is 5.10 Å². The zero-order valence-corrected chi connectivity index (χ0v) is 20.4. The molecule has 2 aromatic heterocycles. The van der Waals surface area contributed by atoms with Crippen molar-refractivity contribution in [3.8, 4) is 17.1 Å². The third-order valence-corrected chi connectivity index (χ3v) is 5.96. The molecule has 182 valence electrons. The molecule has 37 heavy (non-hydrogen) atoms. The summed E-state index contributed by atoms with van der Waals surface area (Å²) in [4.78, 5) is 33.5. The van der Waals surface area contributed by atoms with E-state index in [1.54, 1.807) is 36.3 Å². The number of aryl methyl sites for hydroxylation is 1. The highest BCUT2D eigenvalue weighted by Gasteiger charge is 2.40. The molecule has 6 radical (unpaired) electrons. The summed E-state index contributed by atoms with van der Waals surface area (Å²) in [6.07, 6.45) is 3.57. The van der Waals surface area contributed by atoms with Gasteiger partial charge in [-0.25, -0.2) is 9.78 Å². The minimum absolute atomic E-state index is 0.136. The molecule has 2 aliphatic rings. The summed E-state index contributed by atoms with van der Waals surface area (Å²) >= 11 is 0. The van der Waals surface area contributed by atoms with E-state index in [0.29, 0.717) is 35.9 Å². The average molecular weight is 493 g/mol. The number of ether oxygens (including phenoxy) is 1. The standard InChI is InChI=1S/C22H22B3N9O3/c1-32-11-26-19(31-32)13-4-3-5-14(18(13)37-2)27-15-10-16(29-30-17(15)20(35)28-22(23,24)25)34-9-8-33(21(34)36)12-6-7-12/h3-5,10-12H,6-9H2,1-2H3,(H,27,29)(H,28,35). The molecule has 3 aromatic rings. The number of para-hydroxylation sites is 1. The quantitative estimate of drug-likeness (QED) is 0.429. The van der Waals surface area contributed by atoms with E-state index < -0.39 is 11.1 Å². The second-order valence-corrected chi connectivity index (χ2v) is 8.96. The number of hydrogen-bond acceptors (Lipinski definition) is 8. The van der Waals surface area contributed by atoms with Gasteiger partial charge in [0, 0.05) is 32.2 Å². The molecule has 12 nitrogen and oxygen atoms in total. The molecule has 3 heterocycles. The third kappa shape index (κ3) is 5.11. The molecule has 1 aliphatic carbocycles. The van der Waals surface area contributed by atoms with Gasteiger partial charge in [0.1, 0.15) is 6.33 Å². The van der Waals surface area contributed by atoms with Gasteiger partial charge in [-0.15, -0.1) is 10.2 Å². The zero-order valence-electron chi connectivity index (χ0n) is 20.4. The first-order chi connectivity index (χ1) is 17.6. The molecule has 5 rings (SSSR count). The van der Waals surface area contributed by atoms with Crippen molar-refractivity contribution in [3.63, 3.8) is 0 Å². The largest absolute Gasteiger partial charge is 0.494 e. The van der Waals surface area contributed by atoms with Gasteiger partial charge in [0.15, 0.2) is 23.1 Å². The van der Waals surface area contributed by atoms with Crippen molar-refractivity contribution in [1.82, 2.24) is 35.2 Å². The maximum Gasteiger partial charge on any atom is 0.326 e. The molecular formula is C22H22B3N9O3. The summed E-state index contributed by atoms with van der Waals surface area (Å²) in [5, 5.41) is 16.0. The van der Waals surface area contributed by atoms with E-state index >= 15 is 0 Å². The number of anilines is 3. The first kappa shape index (κ1) is 24.7. The lowest BCUT2D eigenvalue weighted by Crippen LogP contribution is -2.50. The second kappa shape index (κ2) is 9.45. The number of carbonyl (C=O) groups is 2. The van der Waals surface area contributed by atoms with Crippen LogP contribution in [0.15, 0.2) is 30.6 Å². The van der Waals surface area contributed by atoms with E-state index in [1.165, 1.54) is 12.0 Å². The highest BCUT2D eigenvalue weighted by Crippen LogP contribution is 2.38. The van der Waals surface area contributed by atoms with E-state index in [0.717, 1.165) is 12.8 Å². The van der Waals surface area contributed by atoms with Crippen LogP contribution in [0.5, 0.6) is 5.75 Å². The molecule has 2 N–H and O–H groups in total. The molecule has 0 unspecified atom stereocenters. The molecule has 1 aromatic carbocycles. The molecule has 3 amide bonds. The number of hydrogen-bond donors (Lipinski definition) is 2. The Morgan fingerprint density at radius 2 is 1.95 bits per heavy atom. The fraction of sp³-hybridized carbons (Fsp3) is 0.364. The summed E-state index contributed by atoms with van der Waals surface area (Å²) in [5.41, 5.74) is 1.21. The SMILES string of the molecule is [B]C([B])([B])NC(=O)c1nnc(N2CCN(C3CC3)C2=O)cc1Nc1cccc(-c2ncn(C)n2)c1OC. The van der Waals surface area contributed by atoms with Crippen molar-refractivity contribution in [2.24, 2.45) is 7.05 Å². The number of carbonyl (C=O) groups excluding carboxylic acids is 2. The van der Waals surface area contributed by atoms with Gasteiger partial charge in [0.05, 0.1) is 47.6 Å². The van der Waals surface area contributed by atoms with Crippen molar-refractivity contribution >= 4 is 52.7 Å². The Hall–Kier alpha value is -4.03. The van der Waals surface area contributed by atoms with Gasteiger partial charge >= 0.3 is 6.03 Å². The van der Waals surface area contributed by atoms with Crippen LogP contribution < -0.4 is 20.3 Å². The van der Waals surface area contributed by atoms with Crippen LogP contribution >= 0.6 is 0 Å². The van der Waals surface area contributed by atoms with Crippen molar-refractivity contribution in [2.45, 2.75) is 24.1 Å². The average Bonchev–Trinajstić information content (AvgIpc) is 3.47. The van der Waals surface area contributed by atoms with E-state index in [2.05, 4.69) is 30.9 Å². The number of aromatic nitrogens is 5. The summed E-state index contributed by atoms with van der Waals surface area (Å²) in [5.74, 6) is 0.411. The molecule has 15 heteroatoms. The first-order valence-electron chi connectivity index (χ1n) is 11.6. The van der Waals surface area contributed by atoms with E-state index in [9.17, 15) is 9.59 Å². The van der Waals surface area contributed by atoms with Crippen molar-refractivity contribution in [2.75, 3.05) is 30.4 Å². The Kier molecular flexibility index (Phi) is 6.30. The Balaban J connectivity index is 1.53. The van der Waals surface area contributed by atoms with Crippen molar-refractivity contribution in [3.05, 3.63) is 36.3 Å². The van der Waals surface area contributed by atoms with Crippen LogP contribution in [0.1, 0.15) is 23.3 Å². The molecule has 0 bridgehead atoms. The Morgan fingerprint density at radius 3 is 2.59 bits per heavy atom. The summed E-state index contributed by atoms with van der Waals surface area (Å²) in [6.45, 7) is 1.05. The van der Waals surface area contributed by atoms with Crippen LogP contribution in [0.3, 0.4) is 0 Å². The predicted molar refractivity (Wildman–Crippen MR) is 138 cm³/mol. The summed E-state index contributed by atoms with van der Waals surface area (Å²) in [7, 11) is 20.0. The van der Waals surface area contributed by atoms with Gasteiger partial charge < -0.3 is 20.3 Å². The van der Waals surface area contributed by atoms with Crippen LogP contribution in [-0.2, 0) is 7.05 Å². The zero-order chi connectivity index (χ0) is 26.3. The lowest BCUT2D eigenvalue weighted by molar-refractivity contribution is 0.0947. The van der Waals surface area contributed by atoms with Gasteiger partial charge in [-0.05, 0) is 25.0 Å². The van der Waals surface area contributed by atoms with E-state index in [1.807, 2.05) is 11.0 Å². The number of amides is 3. The number of nitrogens with one attached hydrogen (secondary N) is 2. The van der Waals surface area contributed by atoms with Crippen LogP contribution in [-0.4, -0.2) is 96.8 Å². The molecule has 2 fully saturated rings. The summed E-state index contributed by atoms with van der Waals surface area (Å²) in [6, 6.07) is 7.03. The first-order valence-corrected chi connectivity index (χ1v) is 11.6.